The molecule has 0 aliphatic rings. The van der Waals surface area contributed by atoms with Gasteiger partial charge in [-0.1, -0.05) is 11.6 Å². The molecule has 5 nitrogen and oxygen atoms in total. The maximum absolute atomic E-state index is 6.07. The zero-order valence-electron chi connectivity index (χ0n) is 10.5. The molecule has 2 aromatic rings. The Kier molecular flexibility index (Phi) is 4.67. The van der Waals surface area contributed by atoms with Crippen molar-refractivity contribution in [2.24, 2.45) is 12.9 Å². The van der Waals surface area contributed by atoms with E-state index in [4.69, 9.17) is 22.2 Å². The number of nitrogens with two attached hydrogens (primary N) is 1. The van der Waals surface area contributed by atoms with Gasteiger partial charge in [-0.05, 0) is 46.4 Å². The summed E-state index contributed by atoms with van der Waals surface area (Å²) in [6.07, 6.45) is 1.66. The van der Waals surface area contributed by atoms with Crippen LogP contribution in [-0.2, 0) is 7.05 Å². The van der Waals surface area contributed by atoms with Crippen molar-refractivity contribution in [1.82, 2.24) is 15.2 Å². The summed E-state index contributed by atoms with van der Waals surface area (Å²) < 4.78 is 8.13. The van der Waals surface area contributed by atoms with Gasteiger partial charge < -0.3 is 4.74 Å². The van der Waals surface area contributed by atoms with Gasteiger partial charge in [0, 0.05) is 15.6 Å². The third kappa shape index (κ3) is 2.86. The predicted molar refractivity (Wildman–Crippen MR) is 83.1 cm³/mol. The topological polar surface area (TPSA) is 65.1 Å². The molecule has 7 heteroatoms. The lowest BCUT2D eigenvalue weighted by molar-refractivity contribution is 0.401. The minimum Gasteiger partial charge on any atom is -0.493 e. The van der Waals surface area contributed by atoms with Crippen LogP contribution in [0.15, 0.2) is 24.4 Å². The summed E-state index contributed by atoms with van der Waals surface area (Å²) in [5.74, 6) is 6.40. The van der Waals surface area contributed by atoms with Crippen LogP contribution in [0.3, 0.4) is 0 Å². The van der Waals surface area contributed by atoms with E-state index in [0.717, 1.165) is 14.8 Å². The van der Waals surface area contributed by atoms with Crippen LogP contribution in [0.1, 0.15) is 17.3 Å². The highest BCUT2D eigenvalue weighted by molar-refractivity contribution is 14.1. The van der Waals surface area contributed by atoms with Gasteiger partial charge in [0.25, 0.3) is 0 Å². The Balaban J connectivity index is 2.56. The Morgan fingerprint density at radius 2 is 2.26 bits per heavy atom. The lowest BCUT2D eigenvalue weighted by Crippen LogP contribution is -2.31. The van der Waals surface area contributed by atoms with Gasteiger partial charge in [0.1, 0.15) is 5.69 Å². The molecule has 3 N–H and O–H groups in total. The zero-order chi connectivity index (χ0) is 14.0. The monoisotopic (exact) mass is 392 g/mol. The first kappa shape index (κ1) is 14.6. The van der Waals surface area contributed by atoms with Gasteiger partial charge in [0.2, 0.25) is 0 Å². The van der Waals surface area contributed by atoms with Gasteiger partial charge in [-0.3, -0.25) is 10.5 Å². The zero-order valence-corrected chi connectivity index (χ0v) is 13.4. The number of aryl methyl sites for hydroxylation is 1. The molecular weight excluding hydrogens is 379 g/mol. The molecule has 0 bridgehead atoms. The van der Waals surface area contributed by atoms with Crippen LogP contribution in [0, 0.1) is 3.57 Å². The van der Waals surface area contributed by atoms with Gasteiger partial charge >= 0.3 is 0 Å². The van der Waals surface area contributed by atoms with E-state index in [1.165, 1.54) is 0 Å². The minimum atomic E-state index is -0.243. The minimum absolute atomic E-state index is 0.243. The van der Waals surface area contributed by atoms with Gasteiger partial charge in [0.05, 0.1) is 19.3 Å². The van der Waals surface area contributed by atoms with E-state index in [1.807, 2.05) is 25.2 Å². The van der Waals surface area contributed by atoms with Gasteiger partial charge in [-0.15, -0.1) is 0 Å². The summed E-state index contributed by atoms with van der Waals surface area (Å²) in [7, 11) is 3.45. The molecule has 0 fully saturated rings. The van der Waals surface area contributed by atoms with E-state index in [0.29, 0.717) is 10.8 Å². The van der Waals surface area contributed by atoms with Gasteiger partial charge in [-0.25, -0.2) is 5.43 Å². The van der Waals surface area contributed by atoms with E-state index >= 15 is 0 Å². The Hall–Kier alpha value is -0.830. The Labute approximate surface area is 130 Å². The van der Waals surface area contributed by atoms with E-state index in [2.05, 4.69) is 33.1 Å². The van der Waals surface area contributed by atoms with Crippen molar-refractivity contribution in [2.45, 2.75) is 6.04 Å². The lowest BCUT2D eigenvalue weighted by Gasteiger charge is -2.19. The first-order chi connectivity index (χ1) is 9.08. The van der Waals surface area contributed by atoms with Gasteiger partial charge in [0.15, 0.2) is 5.75 Å². The van der Waals surface area contributed by atoms with E-state index in [9.17, 15) is 0 Å². The summed E-state index contributed by atoms with van der Waals surface area (Å²) in [5.41, 5.74) is 4.64. The van der Waals surface area contributed by atoms with Crippen molar-refractivity contribution in [2.75, 3.05) is 7.11 Å². The van der Waals surface area contributed by atoms with Crippen LogP contribution in [0.25, 0.3) is 0 Å². The number of hydrazine groups is 1. The van der Waals surface area contributed by atoms with Crippen molar-refractivity contribution in [3.05, 3.63) is 44.2 Å². The van der Waals surface area contributed by atoms with Crippen molar-refractivity contribution < 1.29 is 4.74 Å². The Morgan fingerprint density at radius 1 is 1.53 bits per heavy atom. The fraction of sp³-hybridized carbons (Fsp3) is 0.250. The van der Waals surface area contributed by atoms with Crippen molar-refractivity contribution in [1.29, 1.82) is 0 Å². The SMILES string of the molecule is COc1cnn(C)c1C(NN)c1cc(Cl)ccc1I. The van der Waals surface area contributed by atoms with E-state index in [1.54, 1.807) is 18.0 Å². The highest BCUT2D eigenvalue weighted by Crippen LogP contribution is 2.32. The Bertz CT molecular complexity index is 587. The van der Waals surface area contributed by atoms with Crippen molar-refractivity contribution in [3.8, 4) is 5.75 Å². The number of nitrogens with zero attached hydrogens (tertiary/aromatic N) is 2. The van der Waals surface area contributed by atoms with Crippen LogP contribution in [-0.4, -0.2) is 16.9 Å². The second-order valence-corrected chi connectivity index (χ2v) is 5.59. The fourth-order valence-corrected chi connectivity index (χ4v) is 2.79. The molecule has 0 spiro atoms. The second-order valence-electron chi connectivity index (χ2n) is 3.99. The normalized spacial score (nSPS) is 12.5. The van der Waals surface area contributed by atoms with Gasteiger partial charge in [-0.2, -0.15) is 5.10 Å². The average Bonchev–Trinajstić information content (AvgIpc) is 2.76. The molecule has 1 unspecified atom stereocenters. The number of hydrogen-bond donors (Lipinski definition) is 2. The first-order valence-electron chi connectivity index (χ1n) is 5.55. The van der Waals surface area contributed by atoms with Crippen LogP contribution in [0.5, 0.6) is 5.75 Å². The molecule has 2 rings (SSSR count). The molecule has 0 aliphatic heterocycles. The molecule has 0 aliphatic carbocycles. The number of methoxy groups -OCH3 is 1. The molecule has 0 saturated carbocycles. The maximum atomic E-state index is 6.07. The number of rotatable bonds is 4. The lowest BCUT2D eigenvalue weighted by atomic mass is 10.0. The number of ether oxygens (including phenoxy) is 1. The van der Waals surface area contributed by atoms with Crippen LogP contribution in [0.4, 0.5) is 0 Å². The molecule has 0 saturated heterocycles. The molecule has 0 radical (unpaired) electrons. The molecule has 102 valence electrons. The quantitative estimate of drug-likeness (QED) is 0.476. The van der Waals surface area contributed by atoms with E-state index in [-0.39, 0.29) is 6.04 Å². The second kappa shape index (κ2) is 6.08. The van der Waals surface area contributed by atoms with Crippen LogP contribution < -0.4 is 16.0 Å². The molecule has 19 heavy (non-hydrogen) atoms. The molecule has 1 heterocycles. The smallest absolute Gasteiger partial charge is 0.161 e. The number of halogens is 2. The highest BCUT2D eigenvalue weighted by Gasteiger charge is 2.23. The summed E-state index contributed by atoms with van der Waals surface area (Å²) in [6, 6.07) is 5.44. The fourth-order valence-electron chi connectivity index (χ4n) is 1.97. The summed E-state index contributed by atoms with van der Waals surface area (Å²) in [6.45, 7) is 0. The van der Waals surface area contributed by atoms with Crippen LogP contribution in [0.2, 0.25) is 5.02 Å². The largest absolute Gasteiger partial charge is 0.493 e. The number of benzene rings is 1. The summed E-state index contributed by atoms with van der Waals surface area (Å²) >= 11 is 8.32. The molecule has 1 aromatic heterocycles. The average molecular weight is 393 g/mol. The highest BCUT2D eigenvalue weighted by atomic mass is 127. The van der Waals surface area contributed by atoms with Crippen molar-refractivity contribution >= 4 is 34.2 Å². The Morgan fingerprint density at radius 3 is 2.89 bits per heavy atom. The number of nitrogens with one attached hydrogen (secondary N) is 1. The summed E-state index contributed by atoms with van der Waals surface area (Å²) in [4.78, 5) is 0. The number of hydrogen-bond acceptors (Lipinski definition) is 4. The van der Waals surface area contributed by atoms with Crippen LogP contribution >= 0.6 is 34.2 Å². The third-order valence-corrected chi connectivity index (χ3v) is 4.10. The predicted octanol–water partition coefficient (Wildman–Crippen LogP) is 2.24. The summed E-state index contributed by atoms with van der Waals surface area (Å²) in [5, 5.41) is 4.86. The molecule has 0 amide bonds. The van der Waals surface area contributed by atoms with Crippen molar-refractivity contribution in [3.63, 3.8) is 0 Å². The standard InChI is InChI=1S/C12H14ClIN4O/c1-18-12(10(19-2)6-16-18)11(17-15)8-5-7(13)3-4-9(8)14/h3-6,11,17H,15H2,1-2H3. The molecular formula is C12H14ClIN4O. The maximum Gasteiger partial charge on any atom is 0.161 e. The molecule has 1 aromatic carbocycles. The molecule has 1 atom stereocenters. The third-order valence-electron chi connectivity index (χ3n) is 2.88. The number of aromatic nitrogens is 2. The first-order valence-corrected chi connectivity index (χ1v) is 7.01. The van der Waals surface area contributed by atoms with E-state index < -0.39 is 0 Å².